The van der Waals surface area contributed by atoms with E-state index in [0.29, 0.717) is 0 Å². The van der Waals surface area contributed by atoms with Crippen LogP contribution in [-0.2, 0) is 5.41 Å². The van der Waals surface area contributed by atoms with Crippen LogP contribution in [0.3, 0.4) is 0 Å². The van der Waals surface area contributed by atoms with Gasteiger partial charge in [0.15, 0.2) is 0 Å². The van der Waals surface area contributed by atoms with Crippen molar-refractivity contribution < 1.29 is 0 Å². The Morgan fingerprint density at radius 3 is 2.12 bits per heavy atom. The van der Waals surface area contributed by atoms with Gasteiger partial charge in [0.25, 0.3) is 0 Å². The minimum Gasteiger partial charge on any atom is -0.135 e. The Balaban J connectivity index is 1.64. The molecule has 5 aromatic carbocycles. The van der Waals surface area contributed by atoms with Gasteiger partial charge >= 0.3 is 0 Å². The molecule has 6 aromatic rings. The van der Waals surface area contributed by atoms with Crippen molar-refractivity contribution in [2.75, 3.05) is 0 Å². The summed E-state index contributed by atoms with van der Waals surface area (Å²) >= 11 is 1.94. The van der Waals surface area contributed by atoms with Crippen LogP contribution in [0.4, 0.5) is 0 Å². The molecule has 1 aromatic heterocycles. The molecule has 2 aliphatic rings. The molecule has 1 heterocycles. The molecule has 2 aliphatic carbocycles. The Kier molecular flexibility index (Phi) is 3.27. The molecule has 33 heavy (non-hydrogen) atoms. The highest BCUT2D eigenvalue weighted by atomic mass is 32.1. The summed E-state index contributed by atoms with van der Waals surface area (Å²) in [5, 5.41) is 2.74. The standard InChI is InChI=1S/C31H19BS/c32-26-14-7-11-20-18-8-1-4-12-23(18)31(29(20)26)24-13-5-2-10-22(24)28-25(31)17-16-21-19-9-3-6-15-27(19)33-30(21)28/h1-17H,32H2. The Bertz CT molecular complexity index is 1790. The molecule has 1 unspecified atom stereocenters. The maximum atomic E-state index is 2.43. The monoisotopic (exact) mass is 434 g/mol. The van der Waals surface area contributed by atoms with Crippen molar-refractivity contribution in [2.45, 2.75) is 5.41 Å². The van der Waals surface area contributed by atoms with Crippen molar-refractivity contribution in [3.63, 3.8) is 0 Å². The van der Waals surface area contributed by atoms with Gasteiger partial charge in [-0.15, -0.1) is 11.3 Å². The molecule has 0 fully saturated rings. The zero-order valence-corrected chi connectivity index (χ0v) is 19.0. The minimum atomic E-state index is -0.256. The molecule has 0 N–H and O–H groups in total. The first-order valence-corrected chi connectivity index (χ1v) is 12.4. The summed E-state index contributed by atoms with van der Waals surface area (Å²) in [5.74, 6) is 0. The molecule has 2 heteroatoms. The van der Waals surface area contributed by atoms with Crippen LogP contribution in [0.15, 0.2) is 103 Å². The van der Waals surface area contributed by atoms with Gasteiger partial charge in [-0.1, -0.05) is 103 Å². The lowest BCUT2D eigenvalue weighted by Gasteiger charge is -2.31. The van der Waals surface area contributed by atoms with E-state index in [2.05, 4.69) is 111 Å². The van der Waals surface area contributed by atoms with Crippen molar-refractivity contribution in [2.24, 2.45) is 0 Å². The van der Waals surface area contributed by atoms with Crippen LogP contribution in [0, 0.1) is 0 Å². The Morgan fingerprint density at radius 2 is 1.24 bits per heavy atom. The SMILES string of the molecule is Bc1cccc2c1C1(c3ccccc3-2)c2ccccc2-c2c1ccc1c2sc2ccccc21. The molecule has 0 aliphatic heterocycles. The van der Waals surface area contributed by atoms with E-state index in [9.17, 15) is 0 Å². The second-order valence-electron chi connectivity index (χ2n) is 9.30. The van der Waals surface area contributed by atoms with Gasteiger partial charge in [-0.3, -0.25) is 0 Å². The van der Waals surface area contributed by atoms with Gasteiger partial charge in [-0.05, 0) is 45.0 Å². The molecular weight excluding hydrogens is 415 g/mol. The fraction of sp³-hybridized carbons (Fsp3) is 0.0323. The Labute approximate surface area is 197 Å². The van der Waals surface area contributed by atoms with Gasteiger partial charge in [-0.2, -0.15) is 0 Å². The molecular formula is C31H19BS. The summed E-state index contributed by atoms with van der Waals surface area (Å²) in [6.07, 6.45) is 0. The summed E-state index contributed by atoms with van der Waals surface area (Å²) in [6.45, 7) is 0. The topological polar surface area (TPSA) is 0 Å². The zero-order valence-electron chi connectivity index (χ0n) is 18.2. The molecule has 1 atom stereocenters. The van der Waals surface area contributed by atoms with Crippen LogP contribution in [0.25, 0.3) is 42.4 Å². The average molecular weight is 434 g/mol. The van der Waals surface area contributed by atoms with Gasteiger partial charge in [0.2, 0.25) is 0 Å². The molecule has 0 nitrogen and oxygen atoms in total. The van der Waals surface area contributed by atoms with Crippen LogP contribution < -0.4 is 5.46 Å². The van der Waals surface area contributed by atoms with Crippen LogP contribution in [0.2, 0.25) is 0 Å². The summed E-state index contributed by atoms with van der Waals surface area (Å²) in [6, 6.07) is 38.6. The fourth-order valence-electron chi connectivity index (χ4n) is 6.67. The quantitative estimate of drug-likeness (QED) is 0.234. The van der Waals surface area contributed by atoms with Crippen molar-refractivity contribution in [3.8, 4) is 22.3 Å². The number of rotatable bonds is 0. The lowest BCUT2D eigenvalue weighted by atomic mass is 9.67. The lowest BCUT2D eigenvalue weighted by molar-refractivity contribution is 0.800. The molecule has 0 amide bonds. The average Bonchev–Trinajstić information content (AvgIpc) is 3.48. The molecule has 0 saturated carbocycles. The van der Waals surface area contributed by atoms with Gasteiger partial charge in [0.1, 0.15) is 7.85 Å². The summed E-state index contributed by atoms with van der Waals surface area (Å²) in [4.78, 5) is 0. The molecule has 8 rings (SSSR count). The van der Waals surface area contributed by atoms with E-state index in [1.807, 2.05) is 11.3 Å². The first-order chi connectivity index (χ1) is 16.3. The van der Waals surface area contributed by atoms with E-state index in [1.54, 1.807) is 0 Å². The summed E-state index contributed by atoms with van der Waals surface area (Å²) in [7, 11) is 2.28. The maximum Gasteiger partial charge on any atom is 0.139 e. The molecule has 0 bridgehead atoms. The number of fused-ring (bicyclic) bond motifs is 14. The molecule has 0 saturated heterocycles. The first kappa shape index (κ1) is 17.9. The normalized spacial score (nSPS) is 17.3. The van der Waals surface area contributed by atoms with Crippen molar-refractivity contribution in [3.05, 3.63) is 125 Å². The predicted octanol–water partition coefficient (Wildman–Crippen LogP) is 6.66. The number of benzene rings is 5. The second-order valence-corrected chi connectivity index (χ2v) is 10.4. The summed E-state index contributed by atoms with van der Waals surface area (Å²) < 4.78 is 2.78. The fourth-order valence-corrected chi connectivity index (χ4v) is 7.94. The van der Waals surface area contributed by atoms with Crippen molar-refractivity contribution >= 4 is 44.8 Å². The number of thiophene rings is 1. The maximum absolute atomic E-state index is 2.43. The van der Waals surface area contributed by atoms with Crippen LogP contribution >= 0.6 is 11.3 Å². The van der Waals surface area contributed by atoms with Gasteiger partial charge in [0, 0.05) is 25.7 Å². The van der Waals surface area contributed by atoms with E-state index in [4.69, 9.17) is 0 Å². The van der Waals surface area contributed by atoms with Gasteiger partial charge < -0.3 is 0 Å². The molecule has 1 spiro atoms. The van der Waals surface area contributed by atoms with Crippen molar-refractivity contribution in [1.82, 2.24) is 0 Å². The predicted molar refractivity (Wildman–Crippen MR) is 144 cm³/mol. The van der Waals surface area contributed by atoms with Crippen LogP contribution in [-0.4, -0.2) is 7.85 Å². The smallest absolute Gasteiger partial charge is 0.135 e. The summed E-state index contributed by atoms with van der Waals surface area (Å²) in [5.41, 5.74) is 12.4. The van der Waals surface area contributed by atoms with E-state index in [-0.39, 0.29) is 5.41 Å². The molecule has 152 valence electrons. The zero-order chi connectivity index (χ0) is 21.7. The van der Waals surface area contributed by atoms with Crippen molar-refractivity contribution in [1.29, 1.82) is 0 Å². The van der Waals surface area contributed by atoms with Crippen LogP contribution in [0.1, 0.15) is 22.3 Å². The van der Waals surface area contributed by atoms with Crippen LogP contribution in [0.5, 0.6) is 0 Å². The number of hydrogen-bond acceptors (Lipinski definition) is 1. The largest absolute Gasteiger partial charge is 0.139 e. The van der Waals surface area contributed by atoms with E-state index < -0.39 is 0 Å². The highest BCUT2D eigenvalue weighted by Crippen LogP contribution is 2.63. The lowest BCUT2D eigenvalue weighted by Crippen LogP contribution is -2.31. The van der Waals surface area contributed by atoms with Gasteiger partial charge in [0.05, 0.1) is 5.41 Å². The van der Waals surface area contributed by atoms with E-state index >= 15 is 0 Å². The van der Waals surface area contributed by atoms with E-state index in [1.165, 1.54) is 70.1 Å². The minimum absolute atomic E-state index is 0.256. The third-order valence-corrected chi connectivity index (χ3v) is 9.02. The second kappa shape index (κ2) is 6.04. The first-order valence-electron chi connectivity index (χ1n) is 11.5. The Morgan fingerprint density at radius 1 is 0.545 bits per heavy atom. The molecule has 0 radical (unpaired) electrons. The van der Waals surface area contributed by atoms with E-state index in [0.717, 1.165) is 0 Å². The third kappa shape index (κ3) is 1.96. The highest BCUT2D eigenvalue weighted by molar-refractivity contribution is 7.26. The third-order valence-electron chi connectivity index (χ3n) is 7.82. The van der Waals surface area contributed by atoms with Gasteiger partial charge in [-0.25, -0.2) is 0 Å². The Hall–Kier alpha value is -3.62. The highest BCUT2D eigenvalue weighted by Gasteiger charge is 2.52. The number of hydrogen-bond donors (Lipinski definition) is 0.